The Hall–Kier alpha value is -4.73. The molecule has 2 N–H and O–H groups in total. The first-order valence-electron chi connectivity index (χ1n) is 11.5. The molecule has 0 spiro atoms. The third-order valence-corrected chi connectivity index (χ3v) is 5.77. The molecule has 0 saturated carbocycles. The number of hydrogen-bond donors (Lipinski definition) is 2. The van der Waals surface area contributed by atoms with Crippen LogP contribution in [-0.2, 0) is 11.2 Å². The highest BCUT2D eigenvalue weighted by Gasteiger charge is 2.17. The predicted octanol–water partition coefficient (Wildman–Crippen LogP) is 3.49. The fourth-order valence-corrected chi connectivity index (χ4v) is 3.96. The second-order valence-electron chi connectivity index (χ2n) is 8.50. The van der Waals surface area contributed by atoms with Crippen LogP contribution in [0, 0.1) is 13.8 Å². The van der Waals surface area contributed by atoms with Crippen molar-refractivity contribution in [3.63, 3.8) is 0 Å². The number of H-pyrrole nitrogens is 1. The average Bonchev–Trinajstić information content (AvgIpc) is 3.46. The van der Waals surface area contributed by atoms with Gasteiger partial charge in [0.1, 0.15) is 17.0 Å². The van der Waals surface area contributed by atoms with Crippen molar-refractivity contribution in [3.8, 4) is 17.4 Å². The Bertz CT molecular complexity index is 1610. The summed E-state index contributed by atoms with van der Waals surface area (Å²) in [5.41, 5.74) is 3.58. The lowest BCUT2D eigenvalue weighted by Gasteiger charge is -2.09. The van der Waals surface area contributed by atoms with Crippen LogP contribution in [0.5, 0.6) is 5.75 Å². The standard InChI is InChI=1S/C26H25N7O3/c1-16-5-4-6-19(13-16)32-24-21(15-27-32)25(35)30-26(29-24)33-22(14-17(2)31-33)28-23(34)12-9-18-7-10-20(36-3)11-8-18/h4-8,10-11,13-15H,9,12H2,1-3H3,(H,28,34)(H,29,30,35). The number of rotatable bonds is 7. The van der Waals surface area contributed by atoms with Gasteiger partial charge in [0, 0.05) is 12.5 Å². The first-order valence-corrected chi connectivity index (χ1v) is 11.5. The molecule has 182 valence electrons. The number of carbonyl (C=O) groups excluding carboxylic acids is 1. The van der Waals surface area contributed by atoms with Gasteiger partial charge in [0.25, 0.3) is 5.56 Å². The molecular formula is C26H25N7O3. The number of nitrogens with one attached hydrogen (secondary N) is 2. The van der Waals surface area contributed by atoms with Gasteiger partial charge in [0.05, 0.1) is 24.7 Å². The molecule has 10 nitrogen and oxygen atoms in total. The molecule has 0 saturated heterocycles. The summed E-state index contributed by atoms with van der Waals surface area (Å²) in [6.07, 6.45) is 2.34. The molecule has 0 fully saturated rings. The molecule has 0 atom stereocenters. The van der Waals surface area contributed by atoms with E-state index in [1.807, 2.05) is 55.5 Å². The molecule has 5 rings (SSSR count). The maximum atomic E-state index is 12.8. The van der Waals surface area contributed by atoms with E-state index >= 15 is 0 Å². The molecule has 0 aliphatic heterocycles. The highest BCUT2D eigenvalue weighted by molar-refractivity contribution is 5.90. The van der Waals surface area contributed by atoms with Gasteiger partial charge in [-0.15, -0.1) is 0 Å². The minimum absolute atomic E-state index is 0.180. The van der Waals surface area contributed by atoms with E-state index in [4.69, 9.17) is 4.74 Å². The number of aryl methyl sites for hydroxylation is 3. The number of aromatic nitrogens is 6. The van der Waals surface area contributed by atoms with Gasteiger partial charge in [0.2, 0.25) is 11.9 Å². The Labute approximate surface area is 206 Å². The number of anilines is 1. The van der Waals surface area contributed by atoms with Crippen molar-refractivity contribution in [3.05, 3.63) is 88.0 Å². The third-order valence-electron chi connectivity index (χ3n) is 5.77. The lowest BCUT2D eigenvalue weighted by molar-refractivity contribution is -0.116. The number of amides is 1. The lowest BCUT2D eigenvalue weighted by Crippen LogP contribution is -2.19. The molecule has 0 aliphatic rings. The van der Waals surface area contributed by atoms with E-state index < -0.39 is 0 Å². The van der Waals surface area contributed by atoms with Crippen LogP contribution in [0.2, 0.25) is 0 Å². The topological polar surface area (TPSA) is 120 Å². The van der Waals surface area contributed by atoms with Crippen molar-refractivity contribution in [1.29, 1.82) is 0 Å². The summed E-state index contributed by atoms with van der Waals surface area (Å²) >= 11 is 0. The molecule has 5 aromatic rings. The zero-order chi connectivity index (χ0) is 25.2. The molecule has 3 aromatic heterocycles. The number of benzene rings is 2. The predicted molar refractivity (Wildman–Crippen MR) is 136 cm³/mol. The van der Waals surface area contributed by atoms with Crippen molar-refractivity contribution >= 4 is 22.8 Å². The van der Waals surface area contributed by atoms with Gasteiger partial charge >= 0.3 is 0 Å². The summed E-state index contributed by atoms with van der Waals surface area (Å²) in [6.45, 7) is 3.79. The van der Waals surface area contributed by atoms with Gasteiger partial charge < -0.3 is 10.1 Å². The third kappa shape index (κ3) is 4.61. The Morgan fingerprint density at radius 2 is 1.89 bits per heavy atom. The Morgan fingerprint density at radius 3 is 2.64 bits per heavy atom. The molecular weight excluding hydrogens is 458 g/mol. The van der Waals surface area contributed by atoms with E-state index in [-0.39, 0.29) is 23.8 Å². The van der Waals surface area contributed by atoms with Gasteiger partial charge in [-0.25, -0.2) is 4.68 Å². The van der Waals surface area contributed by atoms with Crippen LogP contribution in [0.15, 0.2) is 65.6 Å². The number of aromatic amines is 1. The van der Waals surface area contributed by atoms with Crippen LogP contribution < -0.4 is 15.6 Å². The van der Waals surface area contributed by atoms with Crippen LogP contribution >= 0.6 is 0 Å². The molecule has 0 radical (unpaired) electrons. The minimum atomic E-state index is -0.348. The second-order valence-corrected chi connectivity index (χ2v) is 8.50. The summed E-state index contributed by atoms with van der Waals surface area (Å²) < 4.78 is 8.21. The summed E-state index contributed by atoms with van der Waals surface area (Å²) in [6, 6.07) is 17.1. The second kappa shape index (κ2) is 9.49. The van der Waals surface area contributed by atoms with Crippen molar-refractivity contribution in [2.45, 2.75) is 26.7 Å². The quantitative estimate of drug-likeness (QED) is 0.366. The monoisotopic (exact) mass is 483 g/mol. The van der Waals surface area contributed by atoms with E-state index in [9.17, 15) is 9.59 Å². The lowest BCUT2D eigenvalue weighted by atomic mass is 10.1. The number of ether oxygens (including phenoxy) is 1. The molecule has 0 aliphatic carbocycles. The normalized spacial score (nSPS) is 11.1. The molecule has 36 heavy (non-hydrogen) atoms. The van der Waals surface area contributed by atoms with E-state index in [1.54, 1.807) is 24.8 Å². The molecule has 0 unspecified atom stereocenters. The summed E-state index contributed by atoms with van der Waals surface area (Å²) in [5, 5.41) is 12.1. The first-order chi connectivity index (χ1) is 17.4. The molecule has 3 heterocycles. The van der Waals surface area contributed by atoms with Gasteiger partial charge in [-0.2, -0.15) is 19.9 Å². The van der Waals surface area contributed by atoms with Gasteiger partial charge in [-0.3, -0.25) is 14.6 Å². The van der Waals surface area contributed by atoms with Crippen LogP contribution in [-0.4, -0.2) is 42.5 Å². The largest absolute Gasteiger partial charge is 0.497 e. The fraction of sp³-hybridized carbons (Fsp3) is 0.192. The van der Waals surface area contributed by atoms with E-state index in [2.05, 4.69) is 25.5 Å². The maximum Gasteiger partial charge on any atom is 0.263 e. The van der Waals surface area contributed by atoms with Crippen LogP contribution in [0.3, 0.4) is 0 Å². The highest BCUT2D eigenvalue weighted by Crippen LogP contribution is 2.19. The SMILES string of the molecule is COc1ccc(CCC(=O)Nc2cc(C)nn2-c2nc3c(cnn3-c3cccc(C)c3)c(=O)[nH]2)cc1. The van der Waals surface area contributed by atoms with Crippen LogP contribution in [0.4, 0.5) is 5.82 Å². The summed E-state index contributed by atoms with van der Waals surface area (Å²) in [4.78, 5) is 33.0. The van der Waals surface area contributed by atoms with Crippen LogP contribution in [0.25, 0.3) is 22.7 Å². The Balaban J connectivity index is 1.42. The molecule has 1 amide bonds. The van der Waals surface area contributed by atoms with Crippen LogP contribution in [0.1, 0.15) is 23.2 Å². The maximum absolute atomic E-state index is 12.8. The van der Waals surface area contributed by atoms with Crippen molar-refractivity contribution < 1.29 is 9.53 Å². The fourth-order valence-electron chi connectivity index (χ4n) is 3.96. The Morgan fingerprint density at radius 1 is 1.08 bits per heavy atom. The van der Waals surface area contributed by atoms with Crippen molar-refractivity contribution in [2.75, 3.05) is 12.4 Å². The zero-order valence-corrected chi connectivity index (χ0v) is 20.1. The summed E-state index contributed by atoms with van der Waals surface area (Å²) in [7, 11) is 1.61. The summed E-state index contributed by atoms with van der Waals surface area (Å²) in [5.74, 6) is 1.18. The number of hydrogen-bond acceptors (Lipinski definition) is 6. The average molecular weight is 484 g/mol. The van der Waals surface area contributed by atoms with E-state index in [0.29, 0.717) is 29.0 Å². The molecule has 10 heteroatoms. The minimum Gasteiger partial charge on any atom is -0.497 e. The number of methoxy groups -OCH3 is 1. The first kappa shape index (κ1) is 23.0. The van der Waals surface area contributed by atoms with Gasteiger partial charge in [-0.1, -0.05) is 24.3 Å². The van der Waals surface area contributed by atoms with E-state index in [0.717, 1.165) is 22.6 Å². The van der Waals surface area contributed by atoms with Crippen molar-refractivity contribution in [2.24, 2.45) is 0 Å². The number of fused-ring (bicyclic) bond motifs is 1. The highest BCUT2D eigenvalue weighted by atomic mass is 16.5. The number of nitrogens with zero attached hydrogens (tertiary/aromatic N) is 5. The zero-order valence-electron chi connectivity index (χ0n) is 20.1. The molecule has 0 bridgehead atoms. The van der Waals surface area contributed by atoms with Crippen molar-refractivity contribution in [1.82, 2.24) is 29.5 Å². The number of carbonyl (C=O) groups is 1. The smallest absolute Gasteiger partial charge is 0.263 e. The van der Waals surface area contributed by atoms with E-state index in [1.165, 1.54) is 10.9 Å². The Kier molecular flexibility index (Phi) is 6.07. The van der Waals surface area contributed by atoms with Gasteiger partial charge in [-0.05, 0) is 55.7 Å². The molecule has 2 aromatic carbocycles. The van der Waals surface area contributed by atoms with Gasteiger partial charge in [0.15, 0.2) is 5.65 Å².